The topological polar surface area (TPSA) is 35.5 Å². The third-order valence-electron chi connectivity index (χ3n) is 5.89. The molecule has 0 radical (unpaired) electrons. The van der Waals surface area contributed by atoms with Crippen molar-refractivity contribution in [2.24, 2.45) is 23.7 Å². The Balaban J connectivity index is 2.12. The Kier molecular flexibility index (Phi) is 5.98. The molecule has 1 aromatic carbocycles. The minimum atomic E-state index is -0.206. The normalized spacial score (nSPS) is 30.9. The van der Waals surface area contributed by atoms with Crippen LogP contribution in [-0.4, -0.2) is 19.2 Å². The Bertz CT molecular complexity index is 674. The van der Waals surface area contributed by atoms with Crippen molar-refractivity contribution in [3.63, 3.8) is 0 Å². The first kappa shape index (κ1) is 18.9. The van der Waals surface area contributed by atoms with Crippen molar-refractivity contribution in [2.75, 3.05) is 6.61 Å². The fourth-order valence-electron chi connectivity index (χ4n) is 4.85. The van der Waals surface area contributed by atoms with E-state index in [4.69, 9.17) is 9.47 Å². The molecule has 0 bridgehead atoms. The second-order valence-corrected chi connectivity index (χ2v) is 7.65. The number of fused-ring (bicyclic) bond motifs is 1. The van der Waals surface area contributed by atoms with Gasteiger partial charge in [-0.2, -0.15) is 0 Å². The maximum absolute atomic E-state index is 11.9. The molecule has 3 rings (SSSR count). The fraction of sp³-hybridized carbons (Fsp3) is 0.522. The minimum Gasteiger partial charge on any atom is -0.472 e. The number of aldehydes is 1. The standard InChI is InChI=1S/C23H30O3/c1-5-19-22-18(14-26-23(19)25-6-2)12-17(13-24)21(20(22)15(3)4)16-10-8-7-9-11-16/h7-15,19-23H,5-6H2,1-4H3/t19?,20-,21+,22+,23-/m1/s1. The molecular formula is C23H30O3. The molecule has 0 aromatic heterocycles. The molecule has 0 amide bonds. The molecular weight excluding hydrogens is 324 g/mol. The fourth-order valence-corrected chi connectivity index (χ4v) is 4.85. The van der Waals surface area contributed by atoms with Crippen LogP contribution in [0.15, 0.2) is 53.8 Å². The lowest BCUT2D eigenvalue weighted by Gasteiger charge is -2.48. The maximum atomic E-state index is 11.9. The van der Waals surface area contributed by atoms with E-state index < -0.39 is 0 Å². The Labute approximate surface area is 157 Å². The summed E-state index contributed by atoms with van der Waals surface area (Å²) in [5.74, 6) is 1.51. The number of carbonyl (C=O) groups excluding carboxylic acids is 1. The van der Waals surface area contributed by atoms with Crippen LogP contribution in [0.1, 0.15) is 45.6 Å². The van der Waals surface area contributed by atoms with Crippen molar-refractivity contribution in [1.29, 1.82) is 0 Å². The number of rotatable bonds is 6. The lowest BCUT2D eigenvalue weighted by atomic mass is 9.59. The van der Waals surface area contributed by atoms with Gasteiger partial charge in [0.05, 0.1) is 6.26 Å². The van der Waals surface area contributed by atoms with E-state index in [1.54, 1.807) is 0 Å². The van der Waals surface area contributed by atoms with E-state index in [0.717, 1.165) is 23.9 Å². The quantitative estimate of drug-likeness (QED) is 0.667. The number of allylic oxidation sites excluding steroid dienone is 3. The number of benzene rings is 1. The van der Waals surface area contributed by atoms with E-state index in [2.05, 4.69) is 51.1 Å². The lowest BCUT2D eigenvalue weighted by Crippen LogP contribution is -2.44. The SMILES string of the molecule is CCO[C@@H]1OC=C2C=C(C=O)[C@H](c3ccccc3)[C@@H](C(C)C)[C@@H]2C1CC. The number of ether oxygens (including phenoxy) is 2. The Morgan fingerprint density at radius 3 is 2.50 bits per heavy atom. The Morgan fingerprint density at radius 1 is 1.19 bits per heavy atom. The van der Waals surface area contributed by atoms with E-state index in [-0.39, 0.29) is 18.1 Å². The largest absolute Gasteiger partial charge is 0.472 e. The van der Waals surface area contributed by atoms with Crippen LogP contribution in [0.2, 0.25) is 0 Å². The summed E-state index contributed by atoms with van der Waals surface area (Å²) >= 11 is 0. The zero-order valence-corrected chi connectivity index (χ0v) is 16.2. The van der Waals surface area contributed by atoms with Gasteiger partial charge in [-0.15, -0.1) is 0 Å². The first-order valence-corrected chi connectivity index (χ1v) is 9.81. The maximum Gasteiger partial charge on any atom is 0.202 e. The summed E-state index contributed by atoms with van der Waals surface area (Å²) < 4.78 is 11.8. The summed E-state index contributed by atoms with van der Waals surface area (Å²) in [4.78, 5) is 11.9. The minimum absolute atomic E-state index is 0.116. The van der Waals surface area contributed by atoms with E-state index in [9.17, 15) is 4.79 Å². The molecule has 3 nitrogen and oxygen atoms in total. The predicted molar refractivity (Wildman–Crippen MR) is 104 cm³/mol. The zero-order chi connectivity index (χ0) is 18.7. The number of carbonyl (C=O) groups is 1. The average molecular weight is 354 g/mol. The first-order chi connectivity index (χ1) is 12.6. The molecule has 140 valence electrons. The highest BCUT2D eigenvalue weighted by atomic mass is 16.7. The molecule has 0 N–H and O–H groups in total. The van der Waals surface area contributed by atoms with Crippen LogP contribution in [0.25, 0.3) is 0 Å². The molecule has 3 heteroatoms. The molecule has 2 aliphatic rings. The van der Waals surface area contributed by atoms with Gasteiger partial charge < -0.3 is 9.47 Å². The summed E-state index contributed by atoms with van der Waals surface area (Å²) in [7, 11) is 0. The molecule has 5 atom stereocenters. The van der Waals surface area contributed by atoms with Crippen molar-refractivity contribution < 1.29 is 14.3 Å². The molecule has 1 unspecified atom stereocenters. The van der Waals surface area contributed by atoms with E-state index >= 15 is 0 Å². The van der Waals surface area contributed by atoms with Crippen LogP contribution >= 0.6 is 0 Å². The van der Waals surface area contributed by atoms with Gasteiger partial charge >= 0.3 is 0 Å². The second kappa shape index (κ2) is 8.22. The molecule has 1 aliphatic carbocycles. The molecule has 0 fully saturated rings. The Hall–Kier alpha value is -1.87. The molecule has 1 heterocycles. The summed E-state index contributed by atoms with van der Waals surface area (Å²) in [6, 6.07) is 10.4. The van der Waals surface area contributed by atoms with Crippen LogP contribution in [-0.2, 0) is 14.3 Å². The highest BCUT2D eigenvalue weighted by Crippen LogP contribution is 2.52. The van der Waals surface area contributed by atoms with Crippen molar-refractivity contribution in [3.8, 4) is 0 Å². The predicted octanol–water partition coefficient (Wildman–Crippen LogP) is 5.10. The van der Waals surface area contributed by atoms with Crippen LogP contribution < -0.4 is 0 Å². The van der Waals surface area contributed by atoms with Crippen molar-refractivity contribution in [3.05, 3.63) is 59.4 Å². The van der Waals surface area contributed by atoms with Crippen LogP contribution in [0.4, 0.5) is 0 Å². The van der Waals surface area contributed by atoms with Crippen LogP contribution in [0.3, 0.4) is 0 Å². The molecule has 1 aromatic rings. The van der Waals surface area contributed by atoms with E-state index in [1.165, 1.54) is 5.56 Å². The lowest BCUT2D eigenvalue weighted by molar-refractivity contribution is -0.164. The third-order valence-corrected chi connectivity index (χ3v) is 5.89. The summed E-state index contributed by atoms with van der Waals surface area (Å²) in [5, 5.41) is 0. The van der Waals surface area contributed by atoms with Gasteiger partial charge in [0.2, 0.25) is 6.29 Å². The smallest absolute Gasteiger partial charge is 0.202 e. The van der Waals surface area contributed by atoms with Gasteiger partial charge in [0.25, 0.3) is 0 Å². The van der Waals surface area contributed by atoms with Gasteiger partial charge in [0.1, 0.15) is 6.29 Å². The monoisotopic (exact) mass is 354 g/mol. The highest BCUT2D eigenvalue weighted by Gasteiger charge is 2.47. The zero-order valence-electron chi connectivity index (χ0n) is 16.2. The Morgan fingerprint density at radius 2 is 1.92 bits per heavy atom. The van der Waals surface area contributed by atoms with Crippen LogP contribution in [0, 0.1) is 23.7 Å². The van der Waals surface area contributed by atoms with Gasteiger partial charge in [0, 0.05) is 24.0 Å². The van der Waals surface area contributed by atoms with Gasteiger partial charge in [-0.05, 0) is 48.3 Å². The molecule has 1 aliphatic heterocycles. The summed E-state index contributed by atoms with van der Waals surface area (Å²) in [6.07, 6.45) is 5.69. The number of hydrogen-bond donors (Lipinski definition) is 0. The van der Waals surface area contributed by atoms with Crippen LogP contribution in [0.5, 0.6) is 0 Å². The van der Waals surface area contributed by atoms with Gasteiger partial charge in [-0.25, -0.2) is 0 Å². The molecule has 0 saturated carbocycles. The first-order valence-electron chi connectivity index (χ1n) is 9.81. The van der Waals surface area contributed by atoms with Crippen molar-refractivity contribution >= 4 is 6.29 Å². The summed E-state index contributed by atoms with van der Waals surface area (Å²) in [5.41, 5.74) is 3.21. The van der Waals surface area contributed by atoms with Gasteiger partial charge in [0.15, 0.2) is 0 Å². The average Bonchev–Trinajstić information content (AvgIpc) is 2.67. The number of hydrogen-bond acceptors (Lipinski definition) is 3. The molecule has 26 heavy (non-hydrogen) atoms. The van der Waals surface area contributed by atoms with Gasteiger partial charge in [-0.1, -0.05) is 51.1 Å². The van der Waals surface area contributed by atoms with E-state index in [1.807, 2.05) is 19.3 Å². The van der Waals surface area contributed by atoms with Crippen molar-refractivity contribution in [2.45, 2.75) is 46.3 Å². The highest BCUT2D eigenvalue weighted by molar-refractivity contribution is 5.78. The molecule has 0 spiro atoms. The third kappa shape index (κ3) is 3.37. The van der Waals surface area contributed by atoms with E-state index in [0.29, 0.717) is 24.4 Å². The second-order valence-electron chi connectivity index (χ2n) is 7.65. The van der Waals surface area contributed by atoms with Gasteiger partial charge in [-0.3, -0.25) is 4.79 Å². The molecule has 0 saturated heterocycles. The summed E-state index contributed by atoms with van der Waals surface area (Å²) in [6.45, 7) is 9.39. The van der Waals surface area contributed by atoms with Crippen molar-refractivity contribution in [1.82, 2.24) is 0 Å².